The maximum Gasteiger partial charge on any atom is 0.255 e. The summed E-state index contributed by atoms with van der Waals surface area (Å²) in [6, 6.07) is 9.69. The van der Waals surface area contributed by atoms with Crippen molar-refractivity contribution in [3.8, 4) is 0 Å². The number of hydrogen-bond donors (Lipinski definition) is 2. The van der Waals surface area contributed by atoms with Gasteiger partial charge in [0.2, 0.25) is 0 Å². The van der Waals surface area contributed by atoms with E-state index in [4.69, 9.17) is 11.6 Å². The number of nitrogens with one attached hydrogen (secondary N) is 2. The Bertz CT molecular complexity index is 667. The molecule has 20 heavy (non-hydrogen) atoms. The van der Waals surface area contributed by atoms with E-state index in [0.29, 0.717) is 5.56 Å². The fourth-order valence-corrected chi connectivity index (χ4v) is 2.45. The molecule has 3 nitrogen and oxygen atoms in total. The molecule has 5 heteroatoms. The lowest BCUT2D eigenvalue weighted by Crippen LogP contribution is -2.13. The zero-order chi connectivity index (χ0) is 14.1. The van der Waals surface area contributed by atoms with E-state index in [1.54, 1.807) is 12.1 Å². The number of carbonyl (C=O) groups is 1. The molecular weight excluding hydrogens is 279 g/mol. The first kappa shape index (κ1) is 12.9. The zero-order valence-electron chi connectivity index (χ0n) is 10.5. The number of benzene rings is 2. The number of rotatable bonds is 2. The molecule has 1 aliphatic heterocycles. The van der Waals surface area contributed by atoms with Crippen LogP contribution in [-0.2, 0) is 6.42 Å². The minimum absolute atomic E-state index is 0.00706. The van der Waals surface area contributed by atoms with Crippen molar-refractivity contribution >= 4 is 28.9 Å². The van der Waals surface area contributed by atoms with Crippen LogP contribution in [0.15, 0.2) is 36.4 Å². The van der Waals surface area contributed by atoms with E-state index >= 15 is 0 Å². The highest BCUT2D eigenvalue weighted by Crippen LogP contribution is 2.27. The van der Waals surface area contributed by atoms with Gasteiger partial charge >= 0.3 is 0 Å². The van der Waals surface area contributed by atoms with Crippen LogP contribution in [0.2, 0.25) is 5.02 Å². The highest BCUT2D eigenvalue weighted by molar-refractivity contribution is 6.34. The van der Waals surface area contributed by atoms with Crippen molar-refractivity contribution in [1.29, 1.82) is 0 Å². The smallest absolute Gasteiger partial charge is 0.255 e. The van der Waals surface area contributed by atoms with Gasteiger partial charge in [0.05, 0.1) is 10.7 Å². The molecule has 0 atom stereocenters. The second-order valence-electron chi connectivity index (χ2n) is 4.60. The van der Waals surface area contributed by atoms with Crippen molar-refractivity contribution in [2.45, 2.75) is 6.42 Å². The molecule has 0 bridgehead atoms. The monoisotopic (exact) mass is 290 g/mol. The normalized spacial score (nSPS) is 12.7. The maximum atomic E-state index is 13.6. The zero-order valence-corrected chi connectivity index (χ0v) is 11.3. The van der Waals surface area contributed by atoms with Crippen LogP contribution in [0.4, 0.5) is 15.8 Å². The van der Waals surface area contributed by atoms with Gasteiger partial charge in [-0.15, -0.1) is 0 Å². The number of anilines is 2. The van der Waals surface area contributed by atoms with Gasteiger partial charge in [0.1, 0.15) is 5.82 Å². The van der Waals surface area contributed by atoms with E-state index in [-0.39, 0.29) is 16.6 Å². The third-order valence-corrected chi connectivity index (χ3v) is 3.60. The molecule has 1 aliphatic rings. The molecular formula is C15H12ClFN2O. The molecule has 2 N–H and O–H groups in total. The summed E-state index contributed by atoms with van der Waals surface area (Å²) in [5.41, 5.74) is 2.62. The fraction of sp³-hybridized carbons (Fsp3) is 0.133. The fourth-order valence-electron chi connectivity index (χ4n) is 2.24. The molecule has 1 heterocycles. The van der Waals surface area contributed by atoms with Crippen molar-refractivity contribution < 1.29 is 9.18 Å². The number of fused-ring (bicyclic) bond motifs is 1. The summed E-state index contributed by atoms with van der Waals surface area (Å²) in [5.74, 6) is -0.932. The van der Waals surface area contributed by atoms with Crippen molar-refractivity contribution in [2.24, 2.45) is 0 Å². The molecule has 2 aromatic carbocycles. The summed E-state index contributed by atoms with van der Waals surface area (Å²) in [5, 5.41) is 5.89. The van der Waals surface area contributed by atoms with Crippen LogP contribution >= 0.6 is 11.6 Å². The Morgan fingerprint density at radius 1 is 1.30 bits per heavy atom. The first-order valence-electron chi connectivity index (χ1n) is 6.27. The van der Waals surface area contributed by atoms with E-state index in [9.17, 15) is 9.18 Å². The summed E-state index contributed by atoms with van der Waals surface area (Å²) in [6.07, 6.45) is 0.955. The van der Waals surface area contributed by atoms with Crippen LogP contribution < -0.4 is 10.6 Å². The number of halogens is 2. The lowest BCUT2D eigenvalue weighted by atomic mass is 10.1. The summed E-state index contributed by atoms with van der Waals surface area (Å²) >= 11 is 5.89. The SMILES string of the molecule is O=C(Nc1c(F)cccc1Cl)c1ccc2c(c1)NCC2. The van der Waals surface area contributed by atoms with Gasteiger partial charge in [-0.1, -0.05) is 23.7 Å². The summed E-state index contributed by atoms with van der Waals surface area (Å²) in [7, 11) is 0. The van der Waals surface area contributed by atoms with Gasteiger partial charge in [0, 0.05) is 17.8 Å². The van der Waals surface area contributed by atoms with Crippen molar-refractivity contribution in [3.63, 3.8) is 0 Å². The van der Waals surface area contributed by atoms with Crippen LogP contribution in [0.1, 0.15) is 15.9 Å². The van der Waals surface area contributed by atoms with Gasteiger partial charge in [-0.3, -0.25) is 4.79 Å². The van der Waals surface area contributed by atoms with E-state index < -0.39 is 5.82 Å². The molecule has 0 radical (unpaired) electrons. The molecule has 2 aromatic rings. The highest BCUT2D eigenvalue weighted by Gasteiger charge is 2.15. The Hall–Kier alpha value is -2.07. The summed E-state index contributed by atoms with van der Waals surface area (Å²) < 4.78 is 13.6. The summed E-state index contributed by atoms with van der Waals surface area (Å²) in [6.45, 7) is 0.875. The van der Waals surface area contributed by atoms with E-state index in [0.717, 1.165) is 18.7 Å². The molecule has 0 aliphatic carbocycles. The molecule has 0 unspecified atom stereocenters. The topological polar surface area (TPSA) is 41.1 Å². The average molecular weight is 291 g/mol. The molecule has 0 saturated carbocycles. The van der Waals surface area contributed by atoms with E-state index in [2.05, 4.69) is 10.6 Å². The van der Waals surface area contributed by atoms with Crippen LogP contribution in [0.5, 0.6) is 0 Å². The van der Waals surface area contributed by atoms with Crippen LogP contribution in [0.3, 0.4) is 0 Å². The average Bonchev–Trinajstić information content (AvgIpc) is 2.90. The first-order valence-corrected chi connectivity index (χ1v) is 6.65. The predicted octanol–water partition coefficient (Wildman–Crippen LogP) is 3.70. The van der Waals surface area contributed by atoms with Gasteiger partial charge in [0.25, 0.3) is 5.91 Å². The second kappa shape index (κ2) is 5.13. The molecule has 0 saturated heterocycles. The second-order valence-corrected chi connectivity index (χ2v) is 5.01. The van der Waals surface area contributed by atoms with Gasteiger partial charge in [-0.2, -0.15) is 0 Å². The number of para-hydroxylation sites is 1. The minimum atomic E-state index is -0.551. The lowest BCUT2D eigenvalue weighted by molar-refractivity contribution is 0.102. The Labute approximate surface area is 120 Å². The van der Waals surface area contributed by atoms with Crippen LogP contribution in [0.25, 0.3) is 0 Å². The van der Waals surface area contributed by atoms with Crippen molar-refractivity contribution in [2.75, 3.05) is 17.2 Å². The minimum Gasteiger partial charge on any atom is -0.384 e. The predicted molar refractivity (Wildman–Crippen MR) is 78.0 cm³/mol. The third-order valence-electron chi connectivity index (χ3n) is 3.28. The summed E-state index contributed by atoms with van der Waals surface area (Å²) in [4.78, 5) is 12.2. The Kier molecular flexibility index (Phi) is 3.32. The van der Waals surface area contributed by atoms with Crippen LogP contribution in [-0.4, -0.2) is 12.5 Å². The van der Waals surface area contributed by atoms with Gasteiger partial charge < -0.3 is 10.6 Å². The number of carbonyl (C=O) groups excluding carboxylic acids is 1. The molecule has 3 rings (SSSR count). The quantitative estimate of drug-likeness (QED) is 0.885. The number of amides is 1. The van der Waals surface area contributed by atoms with Gasteiger partial charge in [-0.25, -0.2) is 4.39 Å². The van der Waals surface area contributed by atoms with Crippen molar-refractivity contribution in [3.05, 3.63) is 58.4 Å². The lowest BCUT2D eigenvalue weighted by Gasteiger charge is -2.09. The Morgan fingerprint density at radius 2 is 2.15 bits per heavy atom. The number of hydrogen-bond acceptors (Lipinski definition) is 2. The maximum absolute atomic E-state index is 13.6. The molecule has 0 fully saturated rings. The van der Waals surface area contributed by atoms with E-state index in [1.807, 2.05) is 6.07 Å². The van der Waals surface area contributed by atoms with E-state index in [1.165, 1.54) is 23.8 Å². The molecule has 0 spiro atoms. The van der Waals surface area contributed by atoms with Crippen LogP contribution in [0, 0.1) is 5.82 Å². The highest BCUT2D eigenvalue weighted by atomic mass is 35.5. The first-order chi connectivity index (χ1) is 9.65. The Morgan fingerprint density at radius 3 is 2.95 bits per heavy atom. The molecule has 0 aromatic heterocycles. The Balaban J connectivity index is 1.86. The standard InChI is InChI=1S/C15H12ClFN2O/c16-11-2-1-3-12(17)14(11)19-15(20)10-5-4-9-6-7-18-13(9)8-10/h1-5,8,18H,6-7H2,(H,19,20). The third kappa shape index (κ3) is 2.34. The van der Waals surface area contributed by atoms with Crippen molar-refractivity contribution in [1.82, 2.24) is 0 Å². The van der Waals surface area contributed by atoms with Gasteiger partial charge in [-0.05, 0) is 36.2 Å². The molecule has 1 amide bonds. The molecule has 102 valence electrons. The van der Waals surface area contributed by atoms with Gasteiger partial charge in [0.15, 0.2) is 0 Å². The largest absolute Gasteiger partial charge is 0.384 e.